The Morgan fingerprint density at radius 2 is 2.25 bits per heavy atom. The lowest BCUT2D eigenvalue weighted by atomic mass is 10.0. The van der Waals surface area contributed by atoms with Crippen LogP contribution in [-0.2, 0) is 13.0 Å². The van der Waals surface area contributed by atoms with Gasteiger partial charge in [0.1, 0.15) is 17.6 Å². The summed E-state index contributed by atoms with van der Waals surface area (Å²) in [7, 11) is 3.58. The van der Waals surface area contributed by atoms with Gasteiger partial charge >= 0.3 is 0 Å². The summed E-state index contributed by atoms with van der Waals surface area (Å²) in [4.78, 5) is 6.81. The van der Waals surface area contributed by atoms with Crippen LogP contribution in [0.1, 0.15) is 37.8 Å². The van der Waals surface area contributed by atoms with Crippen LogP contribution in [0.5, 0.6) is 11.5 Å². The van der Waals surface area contributed by atoms with Crippen molar-refractivity contribution in [3.8, 4) is 11.5 Å². The zero-order chi connectivity index (χ0) is 17.1. The van der Waals surface area contributed by atoms with Gasteiger partial charge in [0.15, 0.2) is 5.96 Å². The molecule has 0 saturated carbocycles. The smallest absolute Gasteiger partial charge is 0.193 e. The first-order chi connectivity index (χ1) is 11.6. The first-order valence-electron chi connectivity index (χ1n) is 8.92. The molecule has 2 unspecified atom stereocenters. The average molecular weight is 331 g/mol. The summed E-state index contributed by atoms with van der Waals surface area (Å²) in [5, 5.41) is 3.49. The number of guanidine groups is 1. The molecule has 1 aromatic carbocycles. The maximum Gasteiger partial charge on any atom is 0.193 e. The van der Waals surface area contributed by atoms with Gasteiger partial charge in [0, 0.05) is 44.2 Å². The zero-order valence-corrected chi connectivity index (χ0v) is 15.3. The van der Waals surface area contributed by atoms with E-state index in [1.807, 2.05) is 7.05 Å². The van der Waals surface area contributed by atoms with E-state index in [1.54, 1.807) is 7.11 Å². The SMILES string of the molecule is CN=C(NCc1cc2c(cc1OC)CC(C)O2)N1CCCC(C)C1. The molecule has 2 aliphatic rings. The molecule has 1 aromatic rings. The number of piperidine rings is 1. The number of aliphatic imine (C=N–C) groups is 1. The van der Waals surface area contributed by atoms with Crippen LogP contribution in [0.15, 0.2) is 17.1 Å². The van der Waals surface area contributed by atoms with Gasteiger partial charge in [-0.05, 0) is 37.8 Å². The van der Waals surface area contributed by atoms with Crippen molar-refractivity contribution < 1.29 is 9.47 Å². The van der Waals surface area contributed by atoms with E-state index in [2.05, 4.69) is 41.2 Å². The van der Waals surface area contributed by atoms with Crippen molar-refractivity contribution >= 4 is 5.96 Å². The van der Waals surface area contributed by atoms with E-state index in [1.165, 1.54) is 18.4 Å². The first kappa shape index (κ1) is 16.9. The molecule has 0 radical (unpaired) electrons. The quantitative estimate of drug-likeness (QED) is 0.683. The molecule has 0 aliphatic carbocycles. The number of likely N-dealkylation sites (tertiary alicyclic amines) is 1. The Morgan fingerprint density at radius 3 is 2.96 bits per heavy atom. The number of benzene rings is 1. The molecular formula is C19H29N3O2. The third kappa shape index (κ3) is 3.60. The van der Waals surface area contributed by atoms with Crippen LogP contribution in [0.25, 0.3) is 0 Å². The van der Waals surface area contributed by atoms with Crippen LogP contribution in [-0.4, -0.2) is 44.2 Å². The second kappa shape index (κ2) is 7.32. The molecule has 2 aliphatic heterocycles. The second-order valence-electron chi connectivity index (χ2n) is 7.00. The van der Waals surface area contributed by atoms with Crippen LogP contribution >= 0.6 is 0 Å². The summed E-state index contributed by atoms with van der Waals surface area (Å²) in [5.41, 5.74) is 2.34. The van der Waals surface area contributed by atoms with E-state index >= 15 is 0 Å². The third-order valence-corrected chi connectivity index (χ3v) is 4.90. The Hall–Kier alpha value is -1.91. The fourth-order valence-electron chi connectivity index (χ4n) is 3.70. The molecule has 0 aromatic heterocycles. The van der Waals surface area contributed by atoms with Gasteiger partial charge in [-0.25, -0.2) is 0 Å². The summed E-state index contributed by atoms with van der Waals surface area (Å²) in [6, 6.07) is 4.22. The lowest BCUT2D eigenvalue weighted by molar-refractivity contribution is 0.254. The Kier molecular flexibility index (Phi) is 5.17. The number of methoxy groups -OCH3 is 1. The summed E-state index contributed by atoms with van der Waals surface area (Å²) in [6.45, 7) is 7.24. The largest absolute Gasteiger partial charge is 0.496 e. The Morgan fingerprint density at radius 1 is 1.42 bits per heavy atom. The molecular weight excluding hydrogens is 302 g/mol. The lowest BCUT2D eigenvalue weighted by Gasteiger charge is -2.33. The highest BCUT2D eigenvalue weighted by atomic mass is 16.5. The molecule has 3 rings (SSSR count). The summed E-state index contributed by atoms with van der Waals surface area (Å²) < 4.78 is 11.5. The predicted molar refractivity (Wildman–Crippen MR) is 97.0 cm³/mol. The molecule has 0 bridgehead atoms. The number of rotatable bonds is 3. The summed E-state index contributed by atoms with van der Waals surface area (Å²) in [5.74, 6) is 3.60. The Bertz CT molecular complexity index is 615. The molecule has 1 fully saturated rings. The van der Waals surface area contributed by atoms with E-state index in [0.29, 0.717) is 6.54 Å². The topological polar surface area (TPSA) is 46.1 Å². The first-order valence-corrected chi connectivity index (χ1v) is 8.92. The normalized spacial score (nSPS) is 23.7. The van der Waals surface area contributed by atoms with Gasteiger partial charge in [-0.3, -0.25) is 4.99 Å². The van der Waals surface area contributed by atoms with Crippen molar-refractivity contribution in [3.63, 3.8) is 0 Å². The molecule has 0 spiro atoms. The molecule has 2 atom stereocenters. The van der Waals surface area contributed by atoms with Crippen molar-refractivity contribution in [1.29, 1.82) is 0 Å². The number of ether oxygens (including phenoxy) is 2. The fraction of sp³-hybridized carbons (Fsp3) is 0.632. The van der Waals surface area contributed by atoms with Crippen molar-refractivity contribution in [2.75, 3.05) is 27.2 Å². The van der Waals surface area contributed by atoms with E-state index in [4.69, 9.17) is 9.47 Å². The van der Waals surface area contributed by atoms with Crippen LogP contribution in [0, 0.1) is 5.92 Å². The van der Waals surface area contributed by atoms with Crippen LogP contribution in [0.3, 0.4) is 0 Å². The van der Waals surface area contributed by atoms with Crippen molar-refractivity contribution in [2.24, 2.45) is 10.9 Å². The predicted octanol–water partition coefficient (Wildman–Crippen LogP) is 2.83. The van der Waals surface area contributed by atoms with E-state index in [-0.39, 0.29) is 6.10 Å². The molecule has 24 heavy (non-hydrogen) atoms. The maximum atomic E-state index is 5.89. The lowest BCUT2D eigenvalue weighted by Crippen LogP contribution is -2.45. The number of hydrogen-bond acceptors (Lipinski definition) is 3. The van der Waals surface area contributed by atoms with Gasteiger partial charge in [-0.2, -0.15) is 0 Å². The number of nitrogens with one attached hydrogen (secondary N) is 1. The van der Waals surface area contributed by atoms with E-state index in [0.717, 1.165) is 48.5 Å². The number of nitrogens with zero attached hydrogens (tertiary/aromatic N) is 2. The minimum absolute atomic E-state index is 0.246. The van der Waals surface area contributed by atoms with Gasteiger partial charge in [0.05, 0.1) is 7.11 Å². The zero-order valence-electron chi connectivity index (χ0n) is 15.3. The van der Waals surface area contributed by atoms with Crippen LogP contribution in [0.4, 0.5) is 0 Å². The minimum Gasteiger partial charge on any atom is -0.496 e. The highest BCUT2D eigenvalue weighted by molar-refractivity contribution is 5.80. The molecule has 1 saturated heterocycles. The van der Waals surface area contributed by atoms with Crippen LogP contribution < -0.4 is 14.8 Å². The van der Waals surface area contributed by atoms with Gasteiger partial charge in [0.25, 0.3) is 0 Å². The molecule has 0 amide bonds. The maximum absolute atomic E-state index is 5.89. The molecule has 5 nitrogen and oxygen atoms in total. The average Bonchev–Trinajstić information content (AvgIpc) is 2.93. The van der Waals surface area contributed by atoms with E-state index < -0.39 is 0 Å². The molecule has 5 heteroatoms. The second-order valence-corrected chi connectivity index (χ2v) is 7.00. The van der Waals surface area contributed by atoms with Gasteiger partial charge in [-0.1, -0.05) is 6.92 Å². The highest BCUT2D eigenvalue weighted by Crippen LogP contribution is 2.34. The monoisotopic (exact) mass is 331 g/mol. The van der Waals surface area contributed by atoms with E-state index in [9.17, 15) is 0 Å². The van der Waals surface area contributed by atoms with Crippen molar-refractivity contribution in [1.82, 2.24) is 10.2 Å². The minimum atomic E-state index is 0.246. The third-order valence-electron chi connectivity index (χ3n) is 4.90. The highest BCUT2D eigenvalue weighted by Gasteiger charge is 2.23. The summed E-state index contributed by atoms with van der Waals surface area (Å²) >= 11 is 0. The number of hydrogen-bond donors (Lipinski definition) is 1. The van der Waals surface area contributed by atoms with Crippen molar-refractivity contribution in [3.05, 3.63) is 23.3 Å². The Balaban J connectivity index is 1.70. The van der Waals surface area contributed by atoms with Crippen LogP contribution in [0.2, 0.25) is 0 Å². The Labute approximate surface area is 145 Å². The molecule has 2 heterocycles. The van der Waals surface area contributed by atoms with Crippen molar-refractivity contribution in [2.45, 2.75) is 45.8 Å². The van der Waals surface area contributed by atoms with Gasteiger partial charge in [0.2, 0.25) is 0 Å². The van der Waals surface area contributed by atoms with Gasteiger partial charge in [-0.15, -0.1) is 0 Å². The standard InChI is InChI=1S/C19H29N3O2/c1-13-6-5-7-22(12-13)19(20-3)21-11-16-10-18-15(8-14(2)24-18)9-17(16)23-4/h9-10,13-14H,5-8,11-12H2,1-4H3,(H,20,21). The molecule has 132 valence electrons. The molecule has 1 N–H and O–H groups in total. The summed E-state index contributed by atoms with van der Waals surface area (Å²) in [6.07, 6.45) is 3.74. The number of fused-ring (bicyclic) bond motifs is 1. The fourth-order valence-corrected chi connectivity index (χ4v) is 3.70. The van der Waals surface area contributed by atoms with Gasteiger partial charge < -0.3 is 19.7 Å².